The summed E-state index contributed by atoms with van der Waals surface area (Å²) >= 11 is 0. The van der Waals surface area contributed by atoms with E-state index >= 15 is 0 Å². The second-order valence-corrected chi connectivity index (χ2v) is 4.31. The van der Waals surface area contributed by atoms with Crippen LogP contribution in [-0.2, 0) is 22.3 Å². The molecule has 0 amide bonds. The third-order valence-electron chi connectivity index (χ3n) is 2.68. The number of aromatic nitrogens is 2. The molecule has 0 saturated heterocycles. The maximum Gasteiger partial charge on any atom is 0.231 e. The van der Waals surface area contributed by atoms with E-state index in [0.29, 0.717) is 44.4 Å². The van der Waals surface area contributed by atoms with Gasteiger partial charge in [-0.05, 0) is 17.7 Å². The first-order chi connectivity index (χ1) is 9.78. The van der Waals surface area contributed by atoms with Crippen LogP contribution in [0.5, 0.6) is 5.75 Å². The van der Waals surface area contributed by atoms with Gasteiger partial charge < -0.3 is 19.1 Å². The van der Waals surface area contributed by atoms with Crippen LogP contribution in [0.25, 0.3) is 0 Å². The van der Waals surface area contributed by atoms with Crippen LogP contribution in [0.2, 0.25) is 0 Å². The van der Waals surface area contributed by atoms with Gasteiger partial charge in [0.1, 0.15) is 5.75 Å². The van der Waals surface area contributed by atoms with E-state index in [0.717, 1.165) is 5.56 Å². The maximum absolute atomic E-state index is 9.39. The predicted octanol–water partition coefficient (Wildman–Crippen LogP) is 1.57. The van der Waals surface area contributed by atoms with Crippen LogP contribution >= 0.6 is 0 Å². The molecule has 2 aromatic rings. The second kappa shape index (κ2) is 7.62. The van der Waals surface area contributed by atoms with Crippen LogP contribution in [0.4, 0.5) is 0 Å². The summed E-state index contributed by atoms with van der Waals surface area (Å²) in [6.45, 7) is 1.67. The Bertz CT molecular complexity index is 527. The summed E-state index contributed by atoms with van der Waals surface area (Å²) in [5, 5.41) is 13.3. The van der Waals surface area contributed by atoms with Crippen molar-refractivity contribution in [3.8, 4) is 5.75 Å². The van der Waals surface area contributed by atoms with E-state index in [-0.39, 0.29) is 5.75 Å². The SMILES string of the molecule is COCCOCCc1noc(Cc2cccc(O)c2)n1. The third-order valence-corrected chi connectivity index (χ3v) is 2.68. The van der Waals surface area contributed by atoms with Gasteiger partial charge in [0, 0.05) is 13.5 Å². The molecule has 0 bridgehead atoms. The molecular weight excluding hydrogens is 260 g/mol. The smallest absolute Gasteiger partial charge is 0.231 e. The van der Waals surface area contributed by atoms with Crippen LogP contribution in [0.3, 0.4) is 0 Å². The zero-order chi connectivity index (χ0) is 14.2. The number of ether oxygens (including phenoxy) is 2. The standard InChI is InChI=1S/C14H18N2O4/c1-18-7-8-19-6-5-13-15-14(20-16-13)10-11-3-2-4-12(17)9-11/h2-4,9,17H,5-8,10H2,1H3. The van der Waals surface area contributed by atoms with Crippen LogP contribution in [-0.4, -0.2) is 42.2 Å². The van der Waals surface area contributed by atoms with Gasteiger partial charge in [-0.25, -0.2) is 0 Å². The highest BCUT2D eigenvalue weighted by Gasteiger charge is 2.07. The summed E-state index contributed by atoms with van der Waals surface area (Å²) in [6, 6.07) is 6.99. The van der Waals surface area contributed by atoms with Gasteiger partial charge in [-0.1, -0.05) is 17.3 Å². The summed E-state index contributed by atoms with van der Waals surface area (Å²) in [7, 11) is 1.64. The Morgan fingerprint density at radius 3 is 2.95 bits per heavy atom. The lowest BCUT2D eigenvalue weighted by Crippen LogP contribution is -2.05. The Hall–Kier alpha value is -1.92. The molecule has 0 atom stereocenters. The van der Waals surface area contributed by atoms with Crippen molar-refractivity contribution in [3.63, 3.8) is 0 Å². The number of hydrogen-bond acceptors (Lipinski definition) is 6. The van der Waals surface area contributed by atoms with E-state index < -0.39 is 0 Å². The van der Waals surface area contributed by atoms with Gasteiger partial charge in [-0.15, -0.1) is 0 Å². The first-order valence-electron chi connectivity index (χ1n) is 6.44. The lowest BCUT2D eigenvalue weighted by molar-refractivity contribution is 0.0714. The van der Waals surface area contributed by atoms with Gasteiger partial charge in [0.05, 0.1) is 26.2 Å². The molecule has 0 spiro atoms. The van der Waals surface area contributed by atoms with E-state index in [9.17, 15) is 5.11 Å². The molecule has 108 valence electrons. The monoisotopic (exact) mass is 278 g/mol. The quantitative estimate of drug-likeness (QED) is 0.738. The van der Waals surface area contributed by atoms with E-state index in [4.69, 9.17) is 14.0 Å². The number of methoxy groups -OCH3 is 1. The van der Waals surface area contributed by atoms with Crippen molar-refractivity contribution in [2.45, 2.75) is 12.8 Å². The molecule has 0 radical (unpaired) electrons. The van der Waals surface area contributed by atoms with Gasteiger partial charge in [-0.3, -0.25) is 0 Å². The van der Waals surface area contributed by atoms with Crippen molar-refractivity contribution < 1.29 is 19.1 Å². The second-order valence-electron chi connectivity index (χ2n) is 4.31. The molecule has 0 aliphatic rings. The first-order valence-corrected chi connectivity index (χ1v) is 6.44. The summed E-state index contributed by atoms with van der Waals surface area (Å²) < 4.78 is 15.4. The van der Waals surface area contributed by atoms with E-state index in [1.807, 2.05) is 6.07 Å². The van der Waals surface area contributed by atoms with Crippen LogP contribution in [0.15, 0.2) is 28.8 Å². The number of aromatic hydroxyl groups is 1. The zero-order valence-corrected chi connectivity index (χ0v) is 11.4. The first kappa shape index (κ1) is 14.5. The average molecular weight is 278 g/mol. The number of phenolic OH excluding ortho intramolecular Hbond substituents is 1. The van der Waals surface area contributed by atoms with E-state index in [1.54, 1.807) is 25.3 Å². The highest BCUT2D eigenvalue weighted by Crippen LogP contribution is 2.14. The summed E-state index contributed by atoms with van der Waals surface area (Å²) in [5.74, 6) is 1.38. The van der Waals surface area contributed by atoms with E-state index in [2.05, 4.69) is 10.1 Å². The fourth-order valence-electron chi connectivity index (χ4n) is 1.71. The van der Waals surface area contributed by atoms with Gasteiger partial charge in [0.2, 0.25) is 5.89 Å². The Morgan fingerprint density at radius 1 is 1.25 bits per heavy atom. The minimum Gasteiger partial charge on any atom is -0.508 e. The number of phenols is 1. The normalized spacial score (nSPS) is 10.8. The number of rotatable bonds is 8. The number of nitrogens with zero attached hydrogens (tertiary/aromatic N) is 2. The molecule has 1 heterocycles. The molecule has 0 saturated carbocycles. The van der Waals surface area contributed by atoms with Gasteiger partial charge in [0.15, 0.2) is 5.82 Å². The molecule has 6 heteroatoms. The summed E-state index contributed by atoms with van der Waals surface area (Å²) in [4.78, 5) is 4.28. The topological polar surface area (TPSA) is 77.6 Å². The van der Waals surface area contributed by atoms with Gasteiger partial charge in [-0.2, -0.15) is 4.98 Å². The van der Waals surface area contributed by atoms with Crippen molar-refractivity contribution in [3.05, 3.63) is 41.5 Å². The molecule has 0 unspecified atom stereocenters. The van der Waals surface area contributed by atoms with Crippen molar-refractivity contribution >= 4 is 0 Å². The number of hydrogen-bond donors (Lipinski definition) is 1. The highest BCUT2D eigenvalue weighted by atomic mass is 16.5. The maximum atomic E-state index is 9.39. The Balaban J connectivity index is 1.80. The highest BCUT2D eigenvalue weighted by molar-refractivity contribution is 5.28. The van der Waals surface area contributed by atoms with E-state index in [1.165, 1.54) is 0 Å². The van der Waals surface area contributed by atoms with Crippen LogP contribution in [0.1, 0.15) is 17.3 Å². The molecule has 0 fully saturated rings. The molecule has 1 N–H and O–H groups in total. The lowest BCUT2D eigenvalue weighted by atomic mass is 10.1. The Labute approximate surface area is 117 Å². The molecule has 2 rings (SSSR count). The molecule has 1 aromatic carbocycles. The predicted molar refractivity (Wildman–Crippen MR) is 71.6 cm³/mol. The molecule has 20 heavy (non-hydrogen) atoms. The summed E-state index contributed by atoms with van der Waals surface area (Å²) in [5.41, 5.74) is 0.927. The fourth-order valence-corrected chi connectivity index (χ4v) is 1.71. The molecule has 1 aromatic heterocycles. The molecule has 0 aliphatic heterocycles. The van der Waals surface area contributed by atoms with Crippen molar-refractivity contribution in [1.29, 1.82) is 0 Å². The van der Waals surface area contributed by atoms with Crippen LogP contribution in [0, 0.1) is 0 Å². The van der Waals surface area contributed by atoms with Crippen molar-refractivity contribution in [1.82, 2.24) is 10.1 Å². The average Bonchev–Trinajstić information content (AvgIpc) is 2.86. The van der Waals surface area contributed by atoms with Crippen molar-refractivity contribution in [2.75, 3.05) is 26.9 Å². The molecular formula is C14H18N2O4. The third kappa shape index (κ3) is 4.64. The summed E-state index contributed by atoms with van der Waals surface area (Å²) in [6.07, 6.45) is 1.11. The fraction of sp³-hybridized carbons (Fsp3) is 0.429. The number of benzene rings is 1. The Morgan fingerprint density at radius 2 is 2.15 bits per heavy atom. The van der Waals surface area contributed by atoms with Crippen LogP contribution < -0.4 is 0 Å². The van der Waals surface area contributed by atoms with Crippen molar-refractivity contribution in [2.24, 2.45) is 0 Å². The largest absolute Gasteiger partial charge is 0.508 e. The minimum atomic E-state index is 0.230. The zero-order valence-electron chi connectivity index (χ0n) is 11.4. The Kier molecular flexibility index (Phi) is 5.52. The van der Waals surface area contributed by atoms with Gasteiger partial charge >= 0.3 is 0 Å². The molecule has 6 nitrogen and oxygen atoms in total. The lowest BCUT2D eigenvalue weighted by Gasteiger charge is -2.00. The molecule has 0 aliphatic carbocycles. The minimum absolute atomic E-state index is 0.230. The van der Waals surface area contributed by atoms with Gasteiger partial charge in [0.25, 0.3) is 0 Å².